The normalized spacial score (nSPS) is 13.5. The number of para-hydroxylation sites is 1. The van der Waals surface area contributed by atoms with Gasteiger partial charge in [-0.3, -0.25) is 4.57 Å². The number of hydrogen-bond donors (Lipinski definition) is 0. The second-order valence-corrected chi connectivity index (χ2v) is 19.6. The van der Waals surface area contributed by atoms with Crippen LogP contribution in [0.2, 0.25) is 0 Å². The van der Waals surface area contributed by atoms with Crippen LogP contribution in [0.5, 0.6) is 0 Å². The molecule has 10 aromatic carbocycles. The number of nitrogens with zero attached hydrogens (tertiary/aromatic N) is 4. The SMILES string of the molecule is CC/C(=N\C(=NC(C)c1ccccc1)n1c2ccc(-c3ccc(N(c4ccc(-c5ccccc5)cc4)c4ccccc4-c4ccccc4)cc3)cc2c2cc3c(cc21)C(C)(C)c1ccccc1-3)c1ccccc1. The van der Waals surface area contributed by atoms with Gasteiger partial charge >= 0.3 is 0 Å². The van der Waals surface area contributed by atoms with Gasteiger partial charge < -0.3 is 4.90 Å². The predicted octanol–water partition coefficient (Wildman–Crippen LogP) is 18.4. The fourth-order valence-electron chi connectivity index (χ4n) is 11.0. The summed E-state index contributed by atoms with van der Waals surface area (Å²) in [7, 11) is 0. The molecule has 0 amide bonds. The highest BCUT2D eigenvalue weighted by Gasteiger charge is 2.36. The molecule has 1 aliphatic rings. The molecule has 11 aromatic rings. The van der Waals surface area contributed by atoms with E-state index in [-0.39, 0.29) is 11.5 Å². The summed E-state index contributed by atoms with van der Waals surface area (Å²) in [4.78, 5) is 13.5. The van der Waals surface area contributed by atoms with E-state index in [9.17, 15) is 0 Å². The number of anilines is 3. The Morgan fingerprint density at radius 2 is 0.986 bits per heavy atom. The van der Waals surface area contributed by atoms with Crippen LogP contribution < -0.4 is 4.90 Å². The van der Waals surface area contributed by atoms with Gasteiger partial charge in [0, 0.05) is 33.1 Å². The van der Waals surface area contributed by atoms with E-state index in [1.807, 2.05) is 0 Å². The van der Waals surface area contributed by atoms with Crippen molar-refractivity contribution in [3.8, 4) is 44.5 Å². The zero-order valence-corrected chi connectivity index (χ0v) is 41.7. The molecular weight excluding hydrogens is 885 g/mol. The van der Waals surface area contributed by atoms with E-state index in [0.717, 1.165) is 67.9 Å². The van der Waals surface area contributed by atoms with Gasteiger partial charge in [-0.25, -0.2) is 9.98 Å². The quantitative estimate of drug-likeness (QED) is 0.0993. The molecule has 1 aromatic heterocycles. The molecule has 12 rings (SSSR count). The molecule has 1 aliphatic carbocycles. The molecule has 0 radical (unpaired) electrons. The van der Waals surface area contributed by atoms with Gasteiger partial charge in [0.15, 0.2) is 0 Å². The third-order valence-electron chi connectivity index (χ3n) is 14.9. The second-order valence-electron chi connectivity index (χ2n) is 19.6. The highest BCUT2D eigenvalue weighted by Crippen LogP contribution is 2.51. The topological polar surface area (TPSA) is 32.9 Å². The molecule has 1 unspecified atom stereocenters. The van der Waals surface area contributed by atoms with E-state index >= 15 is 0 Å². The third-order valence-corrected chi connectivity index (χ3v) is 14.9. The van der Waals surface area contributed by atoms with Crippen molar-refractivity contribution in [2.75, 3.05) is 4.90 Å². The molecule has 352 valence electrons. The van der Waals surface area contributed by atoms with Crippen LogP contribution in [0.25, 0.3) is 66.3 Å². The minimum atomic E-state index is -0.190. The Balaban J connectivity index is 1.03. The summed E-state index contributed by atoms with van der Waals surface area (Å²) in [5, 5.41) is 2.34. The van der Waals surface area contributed by atoms with Gasteiger partial charge in [0.2, 0.25) is 5.96 Å². The molecule has 0 spiro atoms. The summed E-state index contributed by atoms with van der Waals surface area (Å²) in [5.41, 5.74) is 20.7. The summed E-state index contributed by atoms with van der Waals surface area (Å²) in [6, 6.07) is 89.7. The molecule has 1 heterocycles. The highest BCUT2D eigenvalue weighted by molar-refractivity contribution is 6.18. The van der Waals surface area contributed by atoms with Crippen molar-refractivity contribution in [2.24, 2.45) is 9.98 Å². The smallest absolute Gasteiger partial charge is 0.230 e. The molecule has 0 fully saturated rings. The number of rotatable bonds is 10. The molecule has 1 atom stereocenters. The lowest BCUT2D eigenvalue weighted by atomic mass is 9.82. The molecular formula is C69H56N4. The molecule has 0 saturated carbocycles. The zero-order valence-electron chi connectivity index (χ0n) is 41.7. The molecule has 4 heteroatoms. The van der Waals surface area contributed by atoms with E-state index in [4.69, 9.17) is 9.98 Å². The lowest BCUT2D eigenvalue weighted by Crippen LogP contribution is -2.16. The van der Waals surface area contributed by atoms with E-state index < -0.39 is 0 Å². The fraction of sp³-hybridized carbons (Fsp3) is 0.101. The van der Waals surface area contributed by atoms with Gasteiger partial charge in [0.1, 0.15) is 0 Å². The Labute approximate surface area is 428 Å². The highest BCUT2D eigenvalue weighted by atomic mass is 15.2. The maximum atomic E-state index is 5.57. The molecule has 0 bridgehead atoms. The standard InChI is InChI=1S/C69H56N4/c1-5-64(53-28-16-9-17-29-53)71-68(70-47(2)48-22-10-6-11-23-48)73-66-43-38-54(44-60(66)61-45-59-58-31-18-20-32-62(58)69(3,4)63(59)46-67(61)73)51-36-41-56(42-37-51)72(55-39-34-50(35-40-55)49-24-12-7-13-25-49)65-33-21-19-30-57(65)52-26-14-8-15-27-52/h6-47H,5H2,1-4H3/b70-68?,71-64+. The second kappa shape index (κ2) is 19.0. The third kappa shape index (κ3) is 8.35. The van der Waals surface area contributed by atoms with Gasteiger partial charge in [-0.2, -0.15) is 0 Å². The van der Waals surface area contributed by atoms with Crippen LogP contribution in [0, 0.1) is 0 Å². The Morgan fingerprint density at radius 1 is 0.466 bits per heavy atom. The first kappa shape index (κ1) is 45.3. The average molecular weight is 941 g/mol. The van der Waals surface area contributed by atoms with Crippen molar-refractivity contribution < 1.29 is 0 Å². The van der Waals surface area contributed by atoms with Crippen LogP contribution in [0.3, 0.4) is 0 Å². The Kier molecular flexibility index (Phi) is 11.8. The van der Waals surface area contributed by atoms with Crippen molar-refractivity contribution in [3.05, 3.63) is 271 Å². The van der Waals surface area contributed by atoms with Gasteiger partial charge in [-0.15, -0.1) is 0 Å². The predicted molar refractivity (Wildman–Crippen MR) is 309 cm³/mol. The van der Waals surface area contributed by atoms with Crippen LogP contribution in [-0.4, -0.2) is 16.2 Å². The van der Waals surface area contributed by atoms with Crippen LogP contribution in [0.1, 0.15) is 62.4 Å². The number of benzene rings is 10. The molecule has 0 aliphatic heterocycles. The molecule has 4 nitrogen and oxygen atoms in total. The van der Waals surface area contributed by atoms with Crippen molar-refractivity contribution in [3.63, 3.8) is 0 Å². The van der Waals surface area contributed by atoms with E-state index in [2.05, 4.69) is 286 Å². The number of aromatic nitrogens is 1. The summed E-state index contributed by atoms with van der Waals surface area (Å²) in [6.07, 6.45) is 0.756. The van der Waals surface area contributed by atoms with Crippen molar-refractivity contribution in [1.82, 2.24) is 4.57 Å². The average Bonchev–Trinajstić information content (AvgIpc) is 3.89. The van der Waals surface area contributed by atoms with E-state index in [1.165, 1.54) is 49.9 Å². The first-order chi connectivity index (χ1) is 35.8. The van der Waals surface area contributed by atoms with Gasteiger partial charge in [-0.05, 0) is 129 Å². The zero-order chi connectivity index (χ0) is 49.5. The van der Waals surface area contributed by atoms with Crippen molar-refractivity contribution >= 4 is 50.5 Å². The first-order valence-electron chi connectivity index (χ1n) is 25.5. The lowest BCUT2D eigenvalue weighted by molar-refractivity contribution is 0.661. The first-order valence-corrected chi connectivity index (χ1v) is 25.5. The summed E-state index contributed by atoms with van der Waals surface area (Å²) >= 11 is 0. The Morgan fingerprint density at radius 3 is 1.64 bits per heavy atom. The van der Waals surface area contributed by atoms with Crippen LogP contribution >= 0.6 is 0 Å². The Bertz CT molecular complexity index is 3830. The summed E-state index contributed by atoms with van der Waals surface area (Å²) in [5.74, 6) is 0.676. The van der Waals surface area contributed by atoms with Crippen LogP contribution in [0.4, 0.5) is 17.1 Å². The Hall–Kier alpha value is -8.86. The minimum Gasteiger partial charge on any atom is -0.310 e. The minimum absolute atomic E-state index is 0.143. The molecule has 0 N–H and O–H groups in total. The van der Waals surface area contributed by atoms with Crippen LogP contribution in [0.15, 0.2) is 259 Å². The van der Waals surface area contributed by atoms with Gasteiger partial charge in [0.05, 0.1) is 28.5 Å². The monoisotopic (exact) mass is 940 g/mol. The van der Waals surface area contributed by atoms with E-state index in [1.54, 1.807) is 0 Å². The maximum Gasteiger partial charge on any atom is 0.230 e. The summed E-state index contributed by atoms with van der Waals surface area (Å²) in [6.45, 7) is 9.07. The number of hydrogen-bond acceptors (Lipinski definition) is 2. The van der Waals surface area contributed by atoms with E-state index in [0.29, 0.717) is 5.96 Å². The van der Waals surface area contributed by atoms with Gasteiger partial charge in [-0.1, -0.05) is 215 Å². The lowest BCUT2D eigenvalue weighted by Gasteiger charge is -2.28. The van der Waals surface area contributed by atoms with Crippen LogP contribution in [-0.2, 0) is 5.41 Å². The number of aliphatic imine (C=N–C) groups is 2. The fourth-order valence-corrected chi connectivity index (χ4v) is 11.0. The largest absolute Gasteiger partial charge is 0.310 e. The van der Waals surface area contributed by atoms with Crippen molar-refractivity contribution in [1.29, 1.82) is 0 Å². The molecule has 0 saturated heterocycles. The summed E-state index contributed by atoms with van der Waals surface area (Å²) < 4.78 is 2.33. The maximum absolute atomic E-state index is 5.57. The van der Waals surface area contributed by atoms with Gasteiger partial charge in [0.25, 0.3) is 0 Å². The number of fused-ring (bicyclic) bond motifs is 6. The van der Waals surface area contributed by atoms with Crippen molar-refractivity contribution in [2.45, 2.75) is 45.6 Å². The molecule has 73 heavy (non-hydrogen) atoms.